The summed E-state index contributed by atoms with van der Waals surface area (Å²) < 4.78 is 29.2. The topological polar surface area (TPSA) is 63.1 Å². The van der Waals surface area contributed by atoms with Crippen LogP contribution in [0.5, 0.6) is 0 Å². The van der Waals surface area contributed by atoms with Crippen LogP contribution < -0.4 is 10.0 Å². The number of hydrogen-bond acceptors (Lipinski definition) is 4. The van der Waals surface area contributed by atoms with Crippen LogP contribution in [0.25, 0.3) is 0 Å². The van der Waals surface area contributed by atoms with Crippen LogP contribution in [0.3, 0.4) is 0 Å². The van der Waals surface area contributed by atoms with Crippen molar-refractivity contribution in [2.45, 2.75) is 37.2 Å². The lowest BCUT2D eigenvalue weighted by Gasteiger charge is -2.10. The lowest BCUT2D eigenvalue weighted by molar-refractivity contribution is 0.562. The molecule has 0 saturated heterocycles. The average molecular weight is 332 g/mol. The first-order chi connectivity index (χ1) is 9.92. The van der Waals surface area contributed by atoms with Crippen molar-refractivity contribution in [3.05, 3.63) is 18.0 Å². The van der Waals surface area contributed by atoms with Gasteiger partial charge in [-0.1, -0.05) is 6.92 Å². The Hall–Kier alpha value is -0.500. The van der Waals surface area contributed by atoms with Gasteiger partial charge in [-0.05, 0) is 36.8 Å². The molecular formula is C14H25N3O2S2. The van der Waals surface area contributed by atoms with E-state index in [2.05, 4.69) is 17.0 Å². The van der Waals surface area contributed by atoms with E-state index >= 15 is 0 Å². The molecule has 2 N–H and O–H groups in total. The minimum atomic E-state index is -3.41. The molecule has 2 rings (SSSR count). The molecule has 0 amide bonds. The number of aromatic nitrogens is 1. The van der Waals surface area contributed by atoms with Crippen molar-refractivity contribution >= 4 is 21.8 Å². The molecule has 1 aromatic heterocycles. The fraction of sp³-hybridized carbons (Fsp3) is 0.714. The summed E-state index contributed by atoms with van der Waals surface area (Å²) in [6, 6.07) is 2.38. The predicted octanol–water partition coefficient (Wildman–Crippen LogP) is 1.55. The summed E-state index contributed by atoms with van der Waals surface area (Å²) in [4.78, 5) is 0.356. The summed E-state index contributed by atoms with van der Waals surface area (Å²) in [5, 5.41) is 3.41. The molecule has 1 unspecified atom stereocenters. The van der Waals surface area contributed by atoms with Crippen LogP contribution in [0, 0.1) is 5.92 Å². The van der Waals surface area contributed by atoms with Crippen molar-refractivity contribution in [2.75, 3.05) is 18.6 Å². The van der Waals surface area contributed by atoms with E-state index in [0.29, 0.717) is 23.4 Å². The maximum atomic E-state index is 12.3. The summed E-state index contributed by atoms with van der Waals surface area (Å²) >= 11 is 1.73. The molecule has 1 aliphatic rings. The zero-order valence-electron chi connectivity index (χ0n) is 12.9. The maximum absolute atomic E-state index is 12.3. The van der Waals surface area contributed by atoms with Crippen molar-refractivity contribution in [1.29, 1.82) is 0 Å². The molecule has 1 heterocycles. The van der Waals surface area contributed by atoms with Crippen LogP contribution in [-0.4, -0.2) is 37.6 Å². The highest BCUT2D eigenvalue weighted by Crippen LogP contribution is 2.20. The van der Waals surface area contributed by atoms with Crippen molar-refractivity contribution in [3.63, 3.8) is 0 Å². The largest absolute Gasteiger partial charge is 0.352 e. The fourth-order valence-electron chi connectivity index (χ4n) is 2.11. The molecule has 1 aliphatic carbocycles. The molecule has 0 spiro atoms. The van der Waals surface area contributed by atoms with Gasteiger partial charge < -0.3 is 9.88 Å². The highest BCUT2D eigenvalue weighted by atomic mass is 32.2. The third-order valence-corrected chi connectivity index (χ3v) is 5.91. The van der Waals surface area contributed by atoms with Gasteiger partial charge in [0.15, 0.2) is 0 Å². The predicted molar refractivity (Wildman–Crippen MR) is 88.0 cm³/mol. The van der Waals surface area contributed by atoms with Crippen LogP contribution in [0.1, 0.15) is 25.5 Å². The van der Waals surface area contributed by atoms with Crippen LogP contribution in [0.2, 0.25) is 0 Å². The lowest BCUT2D eigenvalue weighted by Crippen LogP contribution is -2.29. The van der Waals surface area contributed by atoms with Gasteiger partial charge in [-0.3, -0.25) is 0 Å². The maximum Gasteiger partial charge on any atom is 0.242 e. The van der Waals surface area contributed by atoms with E-state index in [1.54, 1.807) is 24.0 Å². The third-order valence-electron chi connectivity index (χ3n) is 3.62. The molecule has 7 heteroatoms. The zero-order valence-corrected chi connectivity index (χ0v) is 14.6. The van der Waals surface area contributed by atoms with E-state index < -0.39 is 10.0 Å². The Balaban J connectivity index is 1.96. The number of hydrogen-bond donors (Lipinski definition) is 2. The van der Waals surface area contributed by atoms with Gasteiger partial charge in [-0.25, -0.2) is 13.1 Å². The quantitative estimate of drug-likeness (QED) is 0.721. The molecule has 0 bridgehead atoms. The summed E-state index contributed by atoms with van der Waals surface area (Å²) in [6.45, 7) is 3.25. The zero-order chi connectivity index (χ0) is 15.5. The molecule has 1 atom stereocenters. The van der Waals surface area contributed by atoms with E-state index in [-0.39, 0.29) is 0 Å². The Morgan fingerprint density at radius 2 is 2.19 bits per heavy atom. The van der Waals surface area contributed by atoms with Crippen LogP contribution in [0.15, 0.2) is 17.2 Å². The molecule has 1 saturated carbocycles. The van der Waals surface area contributed by atoms with Gasteiger partial charge in [0.1, 0.15) is 0 Å². The molecular weight excluding hydrogens is 306 g/mol. The molecule has 0 aliphatic heterocycles. The SMILES string of the molecule is CSCC(C)CNS(=O)(=O)c1cc(CNC2CC2)n(C)c1. The first-order valence-electron chi connectivity index (χ1n) is 7.29. The summed E-state index contributed by atoms with van der Waals surface area (Å²) in [5.74, 6) is 1.28. The Kier molecular flexibility index (Phi) is 5.76. The van der Waals surface area contributed by atoms with Crippen molar-refractivity contribution < 1.29 is 8.42 Å². The minimum Gasteiger partial charge on any atom is -0.352 e. The van der Waals surface area contributed by atoms with Crippen molar-refractivity contribution in [2.24, 2.45) is 13.0 Å². The first-order valence-corrected chi connectivity index (χ1v) is 10.2. The molecule has 5 nitrogen and oxygen atoms in total. The van der Waals surface area contributed by atoms with Crippen LogP contribution >= 0.6 is 11.8 Å². The lowest BCUT2D eigenvalue weighted by atomic mass is 10.2. The molecule has 0 radical (unpaired) electrons. The Bertz CT molecular complexity index is 565. The average Bonchev–Trinajstić information content (AvgIpc) is 3.17. The van der Waals surface area contributed by atoms with E-state index in [4.69, 9.17) is 0 Å². The van der Waals surface area contributed by atoms with E-state index in [1.165, 1.54) is 12.8 Å². The van der Waals surface area contributed by atoms with E-state index in [0.717, 1.165) is 18.0 Å². The summed E-state index contributed by atoms with van der Waals surface area (Å²) in [5.41, 5.74) is 0.999. The van der Waals surface area contributed by atoms with Crippen molar-refractivity contribution in [3.8, 4) is 0 Å². The number of sulfonamides is 1. The highest BCUT2D eigenvalue weighted by Gasteiger charge is 2.22. The van der Waals surface area contributed by atoms with Crippen LogP contribution in [-0.2, 0) is 23.6 Å². The molecule has 120 valence electrons. The molecule has 1 fully saturated rings. The van der Waals surface area contributed by atoms with Gasteiger partial charge in [0.25, 0.3) is 0 Å². The van der Waals surface area contributed by atoms with Crippen molar-refractivity contribution in [1.82, 2.24) is 14.6 Å². The minimum absolute atomic E-state index is 0.328. The van der Waals surface area contributed by atoms with Gasteiger partial charge in [0.2, 0.25) is 10.0 Å². The smallest absolute Gasteiger partial charge is 0.242 e. The van der Waals surface area contributed by atoms with E-state index in [9.17, 15) is 8.42 Å². The number of nitrogens with one attached hydrogen (secondary N) is 2. The second-order valence-corrected chi connectivity index (χ2v) is 8.52. The second-order valence-electron chi connectivity index (χ2n) is 5.85. The monoisotopic (exact) mass is 331 g/mol. The Labute approximate surface area is 131 Å². The number of nitrogens with zero attached hydrogens (tertiary/aromatic N) is 1. The van der Waals surface area contributed by atoms with Crippen LogP contribution in [0.4, 0.5) is 0 Å². The number of aryl methyl sites for hydroxylation is 1. The first kappa shape index (κ1) is 16.9. The molecule has 21 heavy (non-hydrogen) atoms. The van der Waals surface area contributed by atoms with E-state index in [1.807, 2.05) is 17.9 Å². The second kappa shape index (κ2) is 7.17. The normalized spacial score (nSPS) is 17.1. The number of rotatable bonds is 9. The summed E-state index contributed by atoms with van der Waals surface area (Å²) in [7, 11) is -1.52. The third kappa shape index (κ3) is 5.02. The number of thioether (sulfide) groups is 1. The van der Waals surface area contributed by atoms with Gasteiger partial charge in [0.05, 0.1) is 4.90 Å². The standard InChI is InChI=1S/C14H25N3O2S2/c1-11(10-20-3)7-16-21(18,19)14-6-13(17(2)9-14)8-15-12-4-5-12/h6,9,11-12,15-16H,4-5,7-8,10H2,1-3H3. The van der Waals surface area contributed by atoms with Gasteiger partial charge >= 0.3 is 0 Å². The highest BCUT2D eigenvalue weighted by molar-refractivity contribution is 7.98. The fourth-order valence-corrected chi connectivity index (χ4v) is 4.06. The Morgan fingerprint density at radius 1 is 1.48 bits per heavy atom. The van der Waals surface area contributed by atoms with Gasteiger partial charge in [-0.15, -0.1) is 0 Å². The molecule has 0 aromatic carbocycles. The van der Waals surface area contributed by atoms with Gasteiger partial charge in [0, 0.05) is 38.1 Å². The van der Waals surface area contributed by atoms with Gasteiger partial charge in [-0.2, -0.15) is 11.8 Å². The summed E-state index contributed by atoms with van der Waals surface area (Å²) in [6.07, 6.45) is 6.17. The Morgan fingerprint density at radius 3 is 2.81 bits per heavy atom. The molecule has 1 aromatic rings.